The highest BCUT2D eigenvalue weighted by molar-refractivity contribution is 7.99. The first-order chi connectivity index (χ1) is 13.8. The van der Waals surface area contributed by atoms with Crippen molar-refractivity contribution in [2.45, 2.75) is 24.1 Å². The van der Waals surface area contributed by atoms with E-state index < -0.39 is 0 Å². The van der Waals surface area contributed by atoms with E-state index in [0.29, 0.717) is 24.2 Å². The summed E-state index contributed by atoms with van der Waals surface area (Å²) in [6.45, 7) is 1.91. The number of rotatable bonds is 4. The highest BCUT2D eigenvalue weighted by Crippen LogP contribution is 2.38. The second-order valence-electron chi connectivity index (χ2n) is 6.88. The number of aromatic nitrogens is 1. The molecule has 1 atom stereocenters. The molecule has 7 heteroatoms. The molecule has 2 aliphatic heterocycles. The summed E-state index contributed by atoms with van der Waals surface area (Å²) in [6.07, 6.45) is 1.96. The second kappa shape index (κ2) is 7.39. The molecule has 6 nitrogen and oxygen atoms in total. The van der Waals surface area contributed by atoms with Crippen molar-refractivity contribution in [2.75, 3.05) is 25.5 Å². The lowest BCUT2D eigenvalue weighted by Gasteiger charge is -2.26. The number of benzene rings is 2. The third-order valence-corrected chi connectivity index (χ3v) is 5.93. The number of para-hydroxylation sites is 2. The lowest BCUT2D eigenvalue weighted by Crippen LogP contribution is -2.32. The van der Waals surface area contributed by atoms with Gasteiger partial charge in [-0.1, -0.05) is 30.0 Å². The average Bonchev–Trinajstić information content (AvgIpc) is 3.38. The Morgan fingerprint density at radius 3 is 2.89 bits per heavy atom. The van der Waals surface area contributed by atoms with Gasteiger partial charge in [-0.05, 0) is 42.7 Å². The Morgan fingerprint density at radius 1 is 1.14 bits per heavy atom. The van der Waals surface area contributed by atoms with E-state index in [4.69, 9.17) is 13.9 Å². The molecule has 3 heterocycles. The molecule has 2 aromatic carbocycles. The number of fused-ring (bicyclic) bond motifs is 2. The van der Waals surface area contributed by atoms with Gasteiger partial charge in [0, 0.05) is 6.54 Å². The summed E-state index contributed by atoms with van der Waals surface area (Å²) < 4.78 is 17.0. The second-order valence-corrected chi connectivity index (χ2v) is 7.81. The number of carbonyl (C=O) groups is 1. The topological polar surface area (TPSA) is 64.8 Å². The summed E-state index contributed by atoms with van der Waals surface area (Å²) in [5.74, 6) is 1.96. The minimum Gasteiger partial charge on any atom is -0.486 e. The van der Waals surface area contributed by atoms with Crippen molar-refractivity contribution in [1.29, 1.82) is 0 Å². The van der Waals surface area contributed by atoms with Crippen molar-refractivity contribution >= 4 is 28.8 Å². The quantitative estimate of drug-likeness (QED) is 0.620. The van der Waals surface area contributed by atoms with Crippen LogP contribution in [0.15, 0.2) is 52.1 Å². The number of nitrogens with zero attached hydrogens (tertiary/aromatic N) is 2. The minimum atomic E-state index is 0.0764. The summed E-state index contributed by atoms with van der Waals surface area (Å²) in [7, 11) is 0. The molecule has 28 heavy (non-hydrogen) atoms. The maximum Gasteiger partial charge on any atom is 0.257 e. The summed E-state index contributed by atoms with van der Waals surface area (Å²) >= 11 is 1.35. The molecular formula is C21H20N2O4S. The molecule has 3 aromatic rings. The number of amides is 1. The van der Waals surface area contributed by atoms with Gasteiger partial charge in [0.15, 0.2) is 17.1 Å². The molecular weight excluding hydrogens is 376 g/mol. The van der Waals surface area contributed by atoms with Crippen molar-refractivity contribution in [1.82, 2.24) is 9.88 Å². The maximum absolute atomic E-state index is 12.9. The molecule has 0 saturated carbocycles. The maximum atomic E-state index is 12.9. The van der Waals surface area contributed by atoms with Gasteiger partial charge in [0.1, 0.15) is 18.7 Å². The zero-order valence-corrected chi connectivity index (χ0v) is 16.1. The van der Waals surface area contributed by atoms with Gasteiger partial charge in [-0.3, -0.25) is 4.79 Å². The number of ether oxygens (including phenoxy) is 2. The fourth-order valence-corrected chi connectivity index (χ4v) is 4.52. The van der Waals surface area contributed by atoms with E-state index in [1.807, 2.05) is 47.4 Å². The van der Waals surface area contributed by atoms with E-state index in [9.17, 15) is 4.79 Å². The molecule has 0 bridgehead atoms. The zero-order valence-electron chi connectivity index (χ0n) is 15.3. The summed E-state index contributed by atoms with van der Waals surface area (Å²) in [5.41, 5.74) is 2.66. The SMILES string of the molecule is O=C(CSc1nc2ccccc2o1)N1CCCC1c1ccc2c(c1)OCCO2. The Kier molecular flexibility index (Phi) is 4.60. The number of hydrogen-bond acceptors (Lipinski definition) is 6. The lowest BCUT2D eigenvalue weighted by atomic mass is 10.0. The molecule has 0 aliphatic carbocycles. The Labute approximate surface area is 166 Å². The largest absolute Gasteiger partial charge is 0.486 e. The molecule has 1 amide bonds. The van der Waals surface area contributed by atoms with Crippen LogP contribution in [-0.2, 0) is 4.79 Å². The van der Waals surface area contributed by atoms with Crippen LogP contribution >= 0.6 is 11.8 Å². The molecule has 0 N–H and O–H groups in total. The van der Waals surface area contributed by atoms with Crippen LogP contribution in [0.4, 0.5) is 0 Å². The van der Waals surface area contributed by atoms with Crippen molar-refractivity contribution in [2.24, 2.45) is 0 Å². The van der Waals surface area contributed by atoms with Crippen molar-refractivity contribution in [3.05, 3.63) is 48.0 Å². The molecule has 5 rings (SSSR count). The lowest BCUT2D eigenvalue weighted by molar-refractivity contribution is -0.129. The summed E-state index contributed by atoms with van der Waals surface area (Å²) in [5, 5.41) is 0.532. The van der Waals surface area contributed by atoms with Crippen LogP contribution in [0.1, 0.15) is 24.4 Å². The molecule has 144 valence electrons. The predicted molar refractivity (Wildman–Crippen MR) is 106 cm³/mol. The fraction of sp³-hybridized carbons (Fsp3) is 0.333. The van der Waals surface area contributed by atoms with Crippen LogP contribution in [0.5, 0.6) is 11.5 Å². The number of oxazole rings is 1. The number of likely N-dealkylation sites (tertiary alicyclic amines) is 1. The molecule has 1 unspecified atom stereocenters. The fourth-order valence-electron chi connectivity index (χ4n) is 3.80. The van der Waals surface area contributed by atoms with Gasteiger partial charge >= 0.3 is 0 Å². The molecule has 1 saturated heterocycles. The van der Waals surface area contributed by atoms with E-state index in [1.54, 1.807) is 0 Å². The first-order valence-electron chi connectivity index (χ1n) is 9.45. The monoisotopic (exact) mass is 396 g/mol. The Hall–Kier alpha value is -2.67. The minimum absolute atomic E-state index is 0.0764. The smallest absolute Gasteiger partial charge is 0.257 e. The van der Waals surface area contributed by atoms with Gasteiger partial charge in [-0.15, -0.1) is 0 Å². The van der Waals surface area contributed by atoms with Gasteiger partial charge < -0.3 is 18.8 Å². The van der Waals surface area contributed by atoms with E-state index in [-0.39, 0.29) is 11.9 Å². The van der Waals surface area contributed by atoms with Crippen LogP contribution in [0, 0.1) is 0 Å². The number of hydrogen-bond donors (Lipinski definition) is 0. The van der Waals surface area contributed by atoms with Crippen LogP contribution in [-0.4, -0.2) is 41.3 Å². The van der Waals surface area contributed by atoms with Crippen LogP contribution < -0.4 is 9.47 Å². The van der Waals surface area contributed by atoms with Crippen LogP contribution in [0.25, 0.3) is 11.1 Å². The Bertz CT molecular complexity index is 986. The van der Waals surface area contributed by atoms with Crippen LogP contribution in [0.2, 0.25) is 0 Å². The zero-order chi connectivity index (χ0) is 18.9. The normalized spacial score (nSPS) is 18.6. The summed E-state index contributed by atoms with van der Waals surface area (Å²) in [6, 6.07) is 13.7. The highest BCUT2D eigenvalue weighted by atomic mass is 32.2. The molecule has 0 radical (unpaired) electrons. The third-order valence-electron chi connectivity index (χ3n) is 5.12. The standard InChI is InChI=1S/C21H20N2O4S/c24-20(13-28-21-22-15-4-1-2-6-17(15)27-21)23-9-3-5-16(23)14-7-8-18-19(12-14)26-11-10-25-18/h1-2,4,6-8,12,16H,3,5,9-11,13H2. The van der Waals surface area contributed by atoms with Crippen LogP contribution in [0.3, 0.4) is 0 Å². The Balaban J connectivity index is 1.28. The van der Waals surface area contributed by atoms with Crippen molar-refractivity contribution in [3.63, 3.8) is 0 Å². The molecule has 1 aromatic heterocycles. The van der Waals surface area contributed by atoms with E-state index in [1.165, 1.54) is 11.8 Å². The highest BCUT2D eigenvalue weighted by Gasteiger charge is 2.31. The van der Waals surface area contributed by atoms with Gasteiger partial charge in [-0.25, -0.2) is 4.98 Å². The average molecular weight is 396 g/mol. The number of thioether (sulfide) groups is 1. The van der Waals surface area contributed by atoms with Crippen molar-refractivity contribution < 1.29 is 18.7 Å². The molecule has 2 aliphatic rings. The predicted octanol–water partition coefficient (Wildman–Crippen LogP) is 4.05. The third kappa shape index (κ3) is 3.30. The first kappa shape index (κ1) is 17.4. The van der Waals surface area contributed by atoms with Gasteiger partial charge in [0.25, 0.3) is 5.22 Å². The molecule has 0 spiro atoms. The van der Waals surface area contributed by atoms with E-state index in [0.717, 1.165) is 47.5 Å². The van der Waals surface area contributed by atoms with Gasteiger partial charge in [0.05, 0.1) is 11.8 Å². The first-order valence-corrected chi connectivity index (χ1v) is 10.4. The summed E-state index contributed by atoms with van der Waals surface area (Å²) in [4.78, 5) is 19.3. The van der Waals surface area contributed by atoms with E-state index >= 15 is 0 Å². The Morgan fingerprint density at radius 2 is 2.00 bits per heavy atom. The van der Waals surface area contributed by atoms with Crippen molar-refractivity contribution in [3.8, 4) is 11.5 Å². The number of carbonyl (C=O) groups excluding carboxylic acids is 1. The van der Waals surface area contributed by atoms with Gasteiger partial charge in [-0.2, -0.15) is 0 Å². The molecule has 1 fully saturated rings. The van der Waals surface area contributed by atoms with Gasteiger partial charge in [0.2, 0.25) is 5.91 Å². The van der Waals surface area contributed by atoms with E-state index in [2.05, 4.69) is 4.98 Å².